The lowest BCUT2D eigenvalue weighted by Gasteiger charge is -2.09. The fraction of sp³-hybridized carbons (Fsp3) is 0.455. The predicted molar refractivity (Wildman–Crippen MR) is 65.6 cm³/mol. The molecule has 2 N–H and O–H groups in total. The summed E-state index contributed by atoms with van der Waals surface area (Å²) in [6.45, 7) is 6.03. The van der Waals surface area contributed by atoms with Crippen molar-refractivity contribution < 1.29 is 0 Å². The Morgan fingerprint density at radius 3 is 3.06 bits per heavy atom. The first-order valence-electron chi connectivity index (χ1n) is 5.36. The molecule has 0 amide bonds. The second kappa shape index (κ2) is 5.23. The highest BCUT2D eigenvalue weighted by molar-refractivity contribution is 7.09. The molecule has 86 valence electrons. The molecule has 2 aromatic heterocycles. The zero-order valence-electron chi connectivity index (χ0n) is 9.53. The van der Waals surface area contributed by atoms with E-state index in [0.29, 0.717) is 5.92 Å². The van der Waals surface area contributed by atoms with Crippen LogP contribution in [0.2, 0.25) is 0 Å². The van der Waals surface area contributed by atoms with Gasteiger partial charge in [0.1, 0.15) is 0 Å². The molecule has 0 bridgehead atoms. The highest BCUT2D eigenvalue weighted by Gasteiger charge is 2.07. The first kappa shape index (κ1) is 11.3. The van der Waals surface area contributed by atoms with Crippen molar-refractivity contribution in [2.24, 2.45) is 0 Å². The molecule has 0 aliphatic heterocycles. The maximum atomic E-state index is 4.31. The number of nitrogens with one attached hydrogen (secondary N) is 2. The number of aryl methyl sites for hydroxylation is 1. The molecule has 0 spiro atoms. The molecule has 5 heteroatoms. The lowest BCUT2D eigenvalue weighted by atomic mass is 10.2. The van der Waals surface area contributed by atoms with Crippen molar-refractivity contribution in [2.45, 2.75) is 26.3 Å². The van der Waals surface area contributed by atoms with Crippen LogP contribution in [0.25, 0.3) is 0 Å². The summed E-state index contributed by atoms with van der Waals surface area (Å²) in [6, 6.07) is 0. The monoisotopic (exact) mass is 236 g/mol. The predicted octanol–water partition coefficient (Wildman–Crippen LogP) is 2.07. The van der Waals surface area contributed by atoms with Gasteiger partial charge in [0.25, 0.3) is 0 Å². The van der Waals surface area contributed by atoms with E-state index in [1.807, 2.05) is 24.7 Å². The Morgan fingerprint density at radius 1 is 1.56 bits per heavy atom. The third-order valence-corrected chi connectivity index (χ3v) is 3.58. The molecule has 2 aromatic rings. The van der Waals surface area contributed by atoms with Gasteiger partial charge in [-0.15, -0.1) is 11.3 Å². The molecule has 2 rings (SSSR count). The molecule has 0 aliphatic rings. The summed E-state index contributed by atoms with van der Waals surface area (Å²) in [6.07, 6.45) is 3.73. The molecule has 0 radical (unpaired) electrons. The number of aromatic amines is 1. The van der Waals surface area contributed by atoms with Crippen LogP contribution in [-0.4, -0.2) is 21.7 Å². The van der Waals surface area contributed by atoms with E-state index in [-0.39, 0.29) is 0 Å². The van der Waals surface area contributed by atoms with Crippen molar-refractivity contribution in [1.82, 2.24) is 20.5 Å². The minimum atomic E-state index is 0.465. The summed E-state index contributed by atoms with van der Waals surface area (Å²) >= 11 is 1.71. The second-order valence-electron chi connectivity index (χ2n) is 3.92. The molecule has 2 heterocycles. The SMILES string of the molecule is Cc1[nH]ncc1CNCC(C)c1nccs1. The van der Waals surface area contributed by atoms with Crippen LogP contribution in [0.3, 0.4) is 0 Å². The minimum absolute atomic E-state index is 0.465. The largest absolute Gasteiger partial charge is 0.312 e. The Balaban J connectivity index is 1.78. The number of H-pyrrole nitrogens is 1. The molecule has 0 fully saturated rings. The molecule has 16 heavy (non-hydrogen) atoms. The number of aromatic nitrogens is 3. The lowest BCUT2D eigenvalue weighted by Crippen LogP contribution is -2.19. The first-order valence-corrected chi connectivity index (χ1v) is 6.24. The third kappa shape index (κ3) is 2.68. The van der Waals surface area contributed by atoms with Gasteiger partial charge in [0.15, 0.2) is 0 Å². The number of hydrogen-bond donors (Lipinski definition) is 2. The highest BCUT2D eigenvalue weighted by atomic mass is 32.1. The zero-order chi connectivity index (χ0) is 11.4. The van der Waals surface area contributed by atoms with Gasteiger partial charge in [-0.25, -0.2) is 4.98 Å². The van der Waals surface area contributed by atoms with Gasteiger partial charge in [0.2, 0.25) is 0 Å². The summed E-state index contributed by atoms with van der Waals surface area (Å²) < 4.78 is 0. The van der Waals surface area contributed by atoms with Crippen LogP contribution in [-0.2, 0) is 6.54 Å². The van der Waals surface area contributed by atoms with Crippen LogP contribution in [0, 0.1) is 6.92 Å². The van der Waals surface area contributed by atoms with Crippen LogP contribution >= 0.6 is 11.3 Å². The van der Waals surface area contributed by atoms with Crippen LogP contribution in [0.4, 0.5) is 0 Å². The normalized spacial score (nSPS) is 12.9. The number of hydrogen-bond acceptors (Lipinski definition) is 4. The molecule has 1 atom stereocenters. The van der Waals surface area contributed by atoms with E-state index in [0.717, 1.165) is 18.8 Å². The van der Waals surface area contributed by atoms with E-state index in [1.54, 1.807) is 11.3 Å². The summed E-state index contributed by atoms with van der Waals surface area (Å²) in [5.74, 6) is 0.465. The fourth-order valence-corrected chi connectivity index (χ4v) is 2.24. The molecular formula is C11H16N4S. The number of rotatable bonds is 5. The molecular weight excluding hydrogens is 220 g/mol. The molecule has 0 aromatic carbocycles. The van der Waals surface area contributed by atoms with Gasteiger partial charge in [-0.05, 0) is 6.92 Å². The molecule has 1 unspecified atom stereocenters. The Bertz CT molecular complexity index is 421. The van der Waals surface area contributed by atoms with E-state index >= 15 is 0 Å². The Labute approximate surface area is 99.1 Å². The van der Waals surface area contributed by atoms with Gasteiger partial charge >= 0.3 is 0 Å². The van der Waals surface area contributed by atoms with Gasteiger partial charge in [-0.2, -0.15) is 5.10 Å². The summed E-state index contributed by atoms with van der Waals surface area (Å²) in [7, 11) is 0. The third-order valence-electron chi connectivity index (χ3n) is 2.57. The van der Waals surface area contributed by atoms with Gasteiger partial charge in [-0.1, -0.05) is 6.92 Å². The van der Waals surface area contributed by atoms with E-state index < -0.39 is 0 Å². The van der Waals surface area contributed by atoms with Crippen LogP contribution in [0.5, 0.6) is 0 Å². The van der Waals surface area contributed by atoms with Crippen LogP contribution < -0.4 is 5.32 Å². The van der Waals surface area contributed by atoms with Gasteiger partial charge < -0.3 is 5.32 Å². The van der Waals surface area contributed by atoms with Crippen LogP contribution in [0.15, 0.2) is 17.8 Å². The lowest BCUT2D eigenvalue weighted by molar-refractivity contribution is 0.611. The smallest absolute Gasteiger partial charge is 0.0965 e. The van der Waals surface area contributed by atoms with E-state index in [2.05, 4.69) is 27.4 Å². The highest BCUT2D eigenvalue weighted by Crippen LogP contribution is 2.16. The van der Waals surface area contributed by atoms with Crippen LogP contribution in [0.1, 0.15) is 29.1 Å². The molecule has 0 saturated heterocycles. The topological polar surface area (TPSA) is 53.6 Å². The van der Waals surface area contributed by atoms with Crippen molar-refractivity contribution in [2.75, 3.05) is 6.54 Å². The summed E-state index contributed by atoms with van der Waals surface area (Å²) in [5.41, 5.74) is 2.36. The quantitative estimate of drug-likeness (QED) is 0.835. The number of thiazole rings is 1. The number of nitrogens with zero attached hydrogens (tertiary/aromatic N) is 2. The van der Waals surface area contributed by atoms with E-state index in [1.165, 1.54) is 10.6 Å². The van der Waals surface area contributed by atoms with Gasteiger partial charge in [-0.3, -0.25) is 5.10 Å². The fourth-order valence-electron chi connectivity index (χ4n) is 1.54. The standard InChI is InChI=1S/C11H16N4S/c1-8(11-13-3-4-16-11)5-12-6-10-7-14-15-9(10)2/h3-4,7-8,12H,5-6H2,1-2H3,(H,14,15). The molecule has 4 nitrogen and oxygen atoms in total. The van der Waals surface area contributed by atoms with Gasteiger partial charge in [0, 0.05) is 41.8 Å². The average molecular weight is 236 g/mol. The Morgan fingerprint density at radius 2 is 2.44 bits per heavy atom. The average Bonchev–Trinajstić information content (AvgIpc) is 2.90. The Kier molecular flexibility index (Phi) is 3.69. The molecule has 0 saturated carbocycles. The van der Waals surface area contributed by atoms with Crippen molar-refractivity contribution in [3.8, 4) is 0 Å². The second-order valence-corrected chi connectivity index (χ2v) is 4.85. The van der Waals surface area contributed by atoms with E-state index in [4.69, 9.17) is 0 Å². The summed E-state index contributed by atoms with van der Waals surface area (Å²) in [4.78, 5) is 4.31. The first-order chi connectivity index (χ1) is 7.77. The minimum Gasteiger partial charge on any atom is -0.312 e. The van der Waals surface area contributed by atoms with Crippen molar-refractivity contribution in [3.63, 3.8) is 0 Å². The Hall–Kier alpha value is -1.20. The van der Waals surface area contributed by atoms with Crippen molar-refractivity contribution >= 4 is 11.3 Å². The maximum absolute atomic E-state index is 4.31. The summed E-state index contributed by atoms with van der Waals surface area (Å²) in [5, 5.41) is 13.6. The zero-order valence-corrected chi connectivity index (χ0v) is 10.3. The van der Waals surface area contributed by atoms with Crippen molar-refractivity contribution in [1.29, 1.82) is 0 Å². The van der Waals surface area contributed by atoms with Crippen molar-refractivity contribution in [3.05, 3.63) is 34.0 Å². The molecule has 0 aliphatic carbocycles. The van der Waals surface area contributed by atoms with E-state index in [9.17, 15) is 0 Å². The maximum Gasteiger partial charge on any atom is 0.0965 e. The van der Waals surface area contributed by atoms with Gasteiger partial charge in [0.05, 0.1) is 11.2 Å².